The number of amides is 1. The van der Waals surface area contributed by atoms with E-state index >= 15 is 0 Å². The van der Waals surface area contributed by atoms with Gasteiger partial charge in [-0.2, -0.15) is 0 Å². The van der Waals surface area contributed by atoms with Crippen molar-refractivity contribution in [3.63, 3.8) is 0 Å². The predicted molar refractivity (Wildman–Crippen MR) is 92.1 cm³/mol. The van der Waals surface area contributed by atoms with Gasteiger partial charge in [0.1, 0.15) is 5.60 Å². The van der Waals surface area contributed by atoms with Gasteiger partial charge in [0.25, 0.3) is 0 Å². The number of nitrogens with zero attached hydrogens (tertiary/aromatic N) is 1. The Labute approximate surface area is 137 Å². The van der Waals surface area contributed by atoms with Crippen LogP contribution in [0.1, 0.15) is 67.7 Å². The SMILES string of the molecule is CC(C)C(C)(C)CNCC1CCCCN1C(=O)OC(C)(C)C. The summed E-state index contributed by atoms with van der Waals surface area (Å²) in [5.41, 5.74) is -0.155. The summed E-state index contributed by atoms with van der Waals surface area (Å²) in [6.45, 7) is 17.5. The van der Waals surface area contributed by atoms with Gasteiger partial charge in [0, 0.05) is 25.7 Å². The molecule has 0 radical (unpaired) electrons. The van der Waals surface area contributed by atoms with Crippen molar-refractivity contribution < 1.29 is 9.53 Å². The molecule has 1 atom stereocenters. The van der Waals surface area contributed by atoms with Crippen molar-refractivity contribution >= 4 is 6.09 Å². The summed E-state index contributed by atoms with van der Waals surface area (Å²) in [4.78, 5) is 14.3. The minimum absolute atomic E-state index is 0.165. The van der Waals surface area contributed by atoms with Gasteiger partial charge in [0.2, 0.25) is 0 Å². The van der Waals surface area contributed by atoms with Gasteiger partial charge in [0.05, 0.1) is 0 Å². The van der Waals surface area contributed by atoms with Crippen LogP contribution in [0, 0.1) is 11.3 Å². The summed E-state index contributed by atoms with van der Waals surface area (Å²) in [6.07, 6.45) is 3.17. The Kier molecular flexibility index (Phi) is 6.72. The van der Waals surface area contributed by atoms with Gasteiger partial charge in [-0.25, -0.2) is 4.79 Å². The molecule has 0 bridgehead atoms. The van der Waals surface area contributed by atoms with E-state index in [1.807, 2.05) is 25.7 Å². The van der Waals surface area contributed by atoms with Crippen molar-refractivity contribution in [3.05, 3.63) is 0 Å². The fourth-order valence-corrected chi connectivity index (χ4v) is 2.54. The number of hydrogen-bond donors (Lipinski definition) is 1. The Balaban J connectivity index is 2.54. The lowest BCUT2D eigenvalue weighted by Crippen LogP contribution is -2.51. The first kappa shape index (κ1) is 19.3. The molecule has 1 aliphatic heterocycles. The molecule has 0 aromatic heterocycles. The standard InChI is InChI=1S/C18H36N2O2/c1-14(2)18(6,7)13-19-12-15-10-8-9-11-20(15)16(21)22-17(3,4)5/h14-15,19H,8-13H2,1-7H3. The number of likely N-dealkylation sites (tertiary alicyclic amines) is 1. The molecule has 1 rings (SSSR count). The van der Waals surface area contributed by atoms with Crippen molar-refractivity contribution in [1.29, 1.82) is 0 Å². The van der Waals surface area contributed by atoms with E-state index < -0.39 is 5.60 Å². The quantitative estimate of drug-likeness (QED) is 0.832. The minimum atomic E-state index is -0.424. The maximum atomic E-state index is 12.4. The number of carbonyl (C=O) groups excluding carboxylic acids is 1. The van der Waals surface area contributed by atoms with Crippen molar-refractivity contribution in [2.75, 3.05) is 19.6 Å². The van der Waals surface area contributed by atoms with Crippen molar-refractivity contribution in [2.45, 2.75) is 79.4 Å². The molecular weight excluding hydrogens is 276 g/mol. The molecule has 0 aromatic carbocycles. The van der Waals surface area contributed by atoms with E-state index in [4.69, 9.17) is 4.74 Å². The second-order valence-corrected chi connectivity index (χ2v) is 8.60. The van der Waals surface area contributed by atoms with Gasteiger partial charge < -0.3 is 15.0 Å². The minimum Gasteiger partial charge on any atom is -0.444 e. The van der Waals surface area contributed by atoms with Crippen LogP contribution in [0.25, 0.3) is 0 Å². The van der Waals surface area contributed by atoms with E-state index in [1.54, 1.807) is 0 Å². The van der Waals surface area contributed by atoms with Gasteiger partial charge in [-0.1, -0.05) is 27.7 Å². The molecular formula is C18H36N2O2. The summed E-state index contributed by atoms with van der Waals surface area (Å²) in [6, 6.07) is 0.256. The fourth-order valence-electron chi connectivity index (χ4n) is 2.54. The highest BCUT2D eigenvalue weighted by Gasteiger charge is 2.31. The van der Waals surface area contributed by atoms with Gasteiger partial charge in [-0.05, 0) is 51.4 Å². The van der Waals surface area contributed by atoms with Crippen LogP contribution in [-0.2, 0) is 4.74 Å². The molecule has 1 amide bonds. The summed E-state index contributed by atoms with van der Waals surface area (Å²) in [5, 5.41) is 3.57. The molecule has 0 spiro atoms. The van der Waals surface area contributed by atoms with Crippen molar-refractivity contribution in [2.24, 2.45) is 11.3 Å². The Morgan fingerprint density at radius 2 is 1.86 bits per heavy atom. The third-order valence-corrected chi connectivity index (χ3v) is 4.78. The van der Waals surface area contributed by atoms with Crippen LogP contribution >= 0.6 is 0 Å². The Bertz CT molecular complexity index is 359. The van der Waals surface area contributed by atoms with E-state index in [9.17, 15) is 4.79 Å². The van der Waals surface area contributed by atoms with E-state index in [-0.39, 0.29) is 17.6 Å². The highest BCUT2D eigenvalue weighted by molar-refractivity contribution is 5.68. The maximum absolute atomic E-state index is 12.4. The molecule has 4 nitrogen and oxygen atoms in total. The van der Waals surface area contributed by atoms with Gasteiger partial charge >= 0.3 is 6.09 Å². The molecule has 0 saturated carbocycles. The normalized spacial score (nSPS) is 20.4. The smallest absolute Gasteiger partial charge is 0.410 e. The zero-order valence-electron chi connectivity index (χ0n) is 15.7. The average molecular weight is 312 g/mol. The number of ether oxygens (including phenoxy) is 1. The maximum Gasteiger partial charge on any atom is 0.410 e. The zero-order chi connectivity index (χ0) is 17.0. The molecule has 1 N–H and O–H groups in total. The lowest BCUT2D eigenvalue weighted by molar-refractivity contribution is 0.00965. The molecule has 1 fully saturated rings. The Hall–Kier alpha value is -0.770. The third kappa shape index (κ3) is 6.15. The van der Waals surface area contributed by atoms with Crippen LogP contribution in [0.15, 0.2) is 0 Å². The molecule has 0 aliphatic carbocycles. The van der Waals surface area contributed by atoms with Crippen LogP contribution in [0.5, 0.6) is 0 Å². The number of carbonyl (C=O) groups is 1. The summed E-state index contributed by atoms with van der Waals surface area (Å²) in [7, 11) is 0. The van der Waals surface area contributed by atoms with Crippen LogP contribution in [0.2, 0.25) is 0 Å². The van der Waals surface area contributed by atoms with Gasteiger partial charge in [0.15, 0.2) is 0 Å². The Morgan fingerprint density at radius 1 is 1.23 bits per heavy atom. The third-order valence-electron chi connectivity index (χ3n) is 4.78. The highest BCUT2D eigenvalue weighted by atomic mass is 16.6. The summed E-state index contributed by atoms with van der Waals surface area (Å²) < 4.78 is 5.55. The topological polar surface area (TPSA) is 41.6 Å². The van der Waals surface area contributed by atoms with E-state index in [0.717, 1.165) is 32.5 Å². The summed E-state index contributed by atoms with van der Waals surface area (Å²) in [5.74, 6) is 0.633. The highest BCUT2D eigenvalue weighted by Crippen LogP contribution is 2.25. The van der Waals surface area contributed by atoms with E-state index in [1.165, 1.54) is 6.42 Å². The largest absolute Gasteiger partial charge is 0.444 e. The molecule has 22 heavy (non-hydrogen) atoms. The molecule has 1 saturated heterocycles. The summed E-state index contributed by atoms with van der Waals surface area (Å²) >= 11 is 0. The zero-order valence-corrected chi connectivity index (χ0v) is 15.7. The van der Waals surface area contributed by atoms with Crippen LogP contribution in [0.3, 0.4) is 0 Å². The number of hydrogen-bond acceptors (Lipinski definition) is 3. The number of nitrogens with one attached hydrogen (secondary N) is 1. The van der Waals surface area contributed by atoms with Gasteiger partial charge in [-0.3, -0.25) is 0 Å². The van der Waals surface area contributed by atoms with E-state index in [2.05, 4.69) is 33.0 Å². The van der Waals surface area contributed by atoms with Gasteiger partial charge in [-0.15, -0.1) is 0 Å². The first-order chi connectivity index (χ1) is 10.0. The van der Waals surface area contributed by atoms with Crippen LogP contribution in [-0.4, -0.2) is 42.3 Å². The predicted octanol–water partition coefficient (Wildman–Crippen LogP) is 4.05. The van der Waals surface area contributed by atoms with Crippen molar-refractivity contribution in [1.82, 2.24) is 10.2 Å². The number of piperidine rings is 1. The van der Waals surface area contributed by atoms with Crippen LogP contribution < -0.4 is 5.32 Å². The number of rotatable bonds is 5. The molecule has 0 aromatic rings. The average Bonchev–Trinajstić information content (AvgIpc) is 2.36. The van der Waals surface area contributed by atoms with E-state index in [0.29, 0.717) is 5.92 Å². The molecule has 1 unspecified atom stereocenters. The first-order valence-corrected chi connectivity index (χ1v) is 8.73. The molecule has 1 heterocycles. The fraction of sp³-hybridized carbons (Fsp3) is 0.944. The Morgan fingerprint density at radius 3 is 2.41 bits per heavy atom. The molecule has 4 heteroatoms. The molecule has 1 aliphatic rings. The second-order valence-electron chi connectivity index (χ2n) is 8.60. The molecule has 130 valence electrons. The lowest BCUT2D eigenvalue weighted by atomic mass is 9.81. The van der Waals surface area contributed by atoms with Crippen molar-refractivity contribution in [3.8, 4) is 0 Å². The van der Waals surface area contributed by atoms with Crippen LogP contribution in [0.4, 0.5) is 4.79 Å². The monoisotopic (exact) mass is 312 g/mol. The first-order valence-electron chi connectivity index (χ1n) is 8.73. The lowest BCUT2D eigenvalue weighted by Gasteiger charge is -2.38. The second kappa shape index (κ2) is 7.67.